The Kier molecular flexibility index (Phi) is 5.83. The maximum atomic E-state index is 13.1. The molecule has 0 aromatic heterocycles. The van der Waals surface area contributed by atoms with E-state index in [0.717, 1.165) is 55.4 Å². The highest BCUT2D eigenvalue weighted by molar-refractivity contribution is 5.79. The van der Waals surface area contributed by atoms with Gasteiger partial charge in [0.1, 0.15) is 0 Å². The van der Waals surface area contributed by atoms with Gasteiger partial charge in [0, 0.05) is 18.1 Å². The summed E-state index contributed by atoms with van der Waals surface area (Å²) in [5, 5.41) is 18.6. The lowest BCUT2D eigenvalue weighted by molar-refractivity contribution is -0.134. The van der Waals surface area contributed by atoms with Crippen molar-refractivity contribution >= 4 is 5.91 Å². The predicted octanol–water partition coefficient (Wildman–Crippen LogP) is 4.41. The molecule has 0 radical (unpaired) electrons. The quantitative estimate of drug-likeness (QED) is 0.611. The zero-order valence-electron chi connectivity index (χ0n) is 19.3. The first-order valence-electron chi connectivity index (χ1n) is 13.9. The average molecular weight is 429 g/mol. The molecule has 1 aliphatic heterocycles. The number of hydrogen-bond acceptors (Lipinski definition) is 3. The van der Waals surface area contributed by atoms with Crippen molar-refractivity contribution in [1.82, 2.24) is 10.6 Å². The lowest BCUT2D eigenvalue weighted by Gasteiger charge is -2.47. The van der Waals surface area contributed by atoms with E-state index < -0.39 is 6.10 Å². The minimum atomic E-state index is -0.449. The fourth-order valence-corrected chi connectivity index (χ4v) is 9.45. The van der Waals surface area contributed by atoms with E-state index in [2.05, 4.69) is 10.6 Å². The minimum absolute atomic E-state index is 0.151. The number of rotatable bonds is 2. The van der Waals surface area contributed by atoms with Gasteiger partial charge in [0.05, 0.1) is 12.0 Å². The van der Waals surface area contributed by atoms with Crippen molar-refractivity contribution in [2.75, 3.05) is 0 Å². The van der Waals surface area contributed by atoms with Gasteiger partial charge >= 0.3 is 0 Å². The van der Waals surface area contributed by atoms with Gasteiger partial charge in [-0.15, -0.1) is 0 Å². The second-order valence-electron chi connectivity index (χ2n) is 12.3. The third kappa shape index (κ3) is 3.78. The van der Waals surface area contributed by atoms with Gasteiger partial charge in [0.2, 0.25) is 5.91 Å². The summed E-state index contributed by atoms with van der Waals surface area (Å²) in [7, 11) is 0. The van der Waals surface area contributed by atoms with Crippen LogP contribution in [0.4, 0.5) is 0 Å². The maximum Gasteiger partial charge on any atom is 0.225 e. The first-order valence-corrected chi connectivity index (χ1v) is 13.9. The number of nitrogens with one attached hydrogen (secondary N) is 2. The lowest BCUT2D eigenvalue weighted by atomic mass is 9.58. The SMILES string of the molecule is O=C(NC1CCCCC1)C1CC2CCC3C4CCC5CCCCC5C4NC3C2CC1O. The Balaban J connectivity index is 1.12. The molecule has 0 bridgehead atoms. The van der Waals surface area contributed by atoms with Crippen LogP contribution in [0.1, 0.15) is 96.3 Å². The van der Waals surface area contributed by atoms with Gasteiger partial charge in [-0.2, -0.15) is 0 Å². The predicted molar refractivity (Wildman–Crippen MR) is 122 cm³/mol. The molecule has 1 heterocycles. The fraction of sp³-hybridized carbons (Fsp3) is 0.963. The van der Waals surface area contributed by atoms with E-state index in [1.54, 1.807) is 0 Å². The molecule has 0 aromatic carbocycles. The first kappa shape index (κ1) is 21.0. The molecule has 174 valence electrons. The molecule has 5 saturated carbocycles. The Labute approximate surface area is 188 Å². The van der Waals surface area contributed by atoms with Crippen LogP contribution in [0.2, 0.25) is 0 Å². The third-order valence-corrected chi connectivity index (χ3v) is 10.9. The summed E-state index contributed by atoms with van der Waals surface area (Å²) in [6.45, 7) is 0. The highest BCUT2D eigenvalue weighted by Gasteiger charge is 2.56. The lowest BCUT2D eigenvalue weighted by Crippen LogP contribution is -2.53. The van der Waals surface area contributed by atoms with Crippen molar-refractivity contribution in [3.63, 3.8) is 0 Å². The molecule has 4 nitrogen and oxygen atoms in total. The average Bonchev–Trinajstić information content (AvgIpc) is 3.19. The second-order valence-corrected chi connectivity index (χ2v) is 12.3. The van der Waals surface area contributed by atoms with Crippen molar-refractivity contribution in [1.29, 1.82) is 0 Å². The van der Waals surface area contributed by atoms with Crippen LogP contribution in [0, 0.1) is 41.4 Å². The van der Waals surface area contributed by atoms with Crippen LogP contribution in [0.25, 0.3) is 0 Å². The monoisotopic (exact) mass is 428 g/mol. The van der Waals surface area contributed by atoms with Crippen LogP contribution in [-0.4, -0.2) is 35.2 Å². The highest BCUT2D eigenvalue weighted by atomic mass is 16.3. The summed E-state index contributed by atoms with van der Waals surface area (Å²) in [4.78, 5) is 13.1. The minimum Gasteiger partial charge on any atom is -0.392 e. The van der Waals surface area contributed by atoms with Crippen LogP contribution in [-0.2, 0) is 4.79 Å². The normalized spacial score (nSPS) is 50.0. The van der Waals surface area contributed by atoms with Gasteiger partial charge < -0.3 is 15.7 Å². The van der Waals surface area contributed by atoms with Crippen LogP contribution >= 0.6 is 0 Å². The van der Waals surface area contributed by atoms with Crippen molar-refractivity contribution < 1.29 is 9.90 Å². The van der Waals surface area contributed by atoms with Gasteiger partial charge in [0.15, 0.2) is 0 Å². The zero-order chi connectivity index (χ0) is 20.9. The molecule has 31 heavy (non-hydrogen) atoms. The Morgan fingerprint density at radius 2 is 1.35 bits per heavy atom. The van der Waals surface area contributed by atoms with Gasteiger partial charge in [-0.05, 0) is 93.3 Å². The molecule has 0 aromatic rings. The molecular formula is C27H44N2O2. The standard InChI is InChI=1S/C27H44N2O2/c30-24-15-22-17(14-23(24)27(31)28-18-7-2-1-3-8-18)11-13-21-20-12-10-16-6-4-5-9-19(16)25(20)29-26(21)22/h16-26,29-30H,1-15H2,(H,28,31). The van der Waals surface area contributed by atoms with Crippen molar-refractivity contribution in [3.8, 4) is 0 Å². The molecular weight excluding hydrogens is 384 g/mol. The second kappa shape index (κ2) is 8.63. The van der Waals surface area contributed by atoms with E-state index in [9.17, 15) is 9.90 Å². The molecule has 4 heteroatoms. The summed E-state index contributed by atoms with van der Waals surface area (Å²) in [5.41, 5.74) is 0. The Bertz CT molecular complexity index is 662. The summed E-state index contributed by atoms with van der Waals surface area (Å²) >= 11 is 0. The number of fused-ring (bicyclic) bond motifs is 7. The molecule has 6 rings (SSSR count). The molecule has 10 atom stereocenters. The van der Waals surface area contributed by atoms with Gasteiger partial charge in [-0.1, -0.05) is 38.5 Å². The van der Waals surface area contributed by atoms with Crippen molar-refractivity contribution in [2.45, 2.75) is 121 Å². The number of aliphatic hydroxyl groups is 1. The summed E-state index contributed by atoms with van der Waals surface area (Å²) in [6.07, 6.45) is 18.7. The van der Waals surface area contributed by atoms with Crippen LogP contribution in [0.3, 0.4) is 0 Å². The summed E-state index contributed by atoms with van der Waals surface area (Å²) < 4.78 is 0. The Morgan fingerprint density at radius 1 is 0.677 bits per heavy atom. The Morgan fingerprint density at radius 3 is 2.16 bits per heavy atom. The molecule has 1 saturated heterocycles. The number of hydrogen-bond donors (Lipinski definition) is 3. The van der Waals surface area contributed by atoms with Crippen LogP contribution in [0.15, 0.2) is 0 Å². The molecule has 5 aliphatic carbocycles. The fourth-order valence-electron chi connectivity index (χ4n) is 9.45. The molecule has 10 unspecified atom stereocenters. The van der Waals surface area contributed by atoms with E-state index in [0.29, 0.717) is 23.9 Å². The topological polar surface area (TPSA) is 61.4 Å². The summed E-state index contributed by atoms with van der Waals surface area (Å²) in [5.74, 6) is 4.79. The molecule has 3 N–H and O–H groups in total. The number of amides is 1. The smallest absolute Gasteiger partial charge is 0.225 e. The van der Waals surface area contributed by atoms with E-state index in [1.807, 2.05) is 0 Å². The summed E-state index contributed by atoms with van der Waals surface area (Å²) in [6, 6.07) is 1.70. The highest BCUT2D eigenvalue weighted by Crippen LogP contribution is 2.55. The van der Waals surface area contributed by atoms with Crippen LogP contribution in [0.5, 0.6) is 0 Å². The maximum absolute atomic E-state index is 13.1. The van der Waals surface area contributed by atoms with Gasteiger partial charge in [-0.25, -0.2) is 0 Å². The molecule has 6 fully saturated rings. The van der Waals surface area contributed by atoms with Gasteiger partial charge in [-0.3, -0.25) is 4.79 Å². The largest absolute Gasteiger partial charge is 0.392 e. The van der Waals surface area contributed by atoms with Crippen LogP contribution < -0.4 is 10.6 Å². The zero-order valence-corrected chi connectivity index (χ0v) is 19.3. The van der Waals surface area contributed by atoms with E-state index in [4.69, 9.17) is 0 Å². The van der Waals surface area contributed by atoms with E-state index in [1.165, 1.54) is 70.6 Å². The number of carbonyl (C=O) groups excluding carboxylic acids is 1. The molecule has 6 aliphatic rings. The third-order valence-electron chi connectivity index (χ3n) is 10.9. The van der Waals surface area contributed by atoms with Gasteiger partial charge in [0.25, 0.3) is 0 Å². The number of carbonyl (C=O) groups is 1. The van der Waals surface area contributed by atoms with E-state index in [-0.39, 0.29) is 11.8 Å². The van der Waals surface area contributed by atoms with Crippen molar-refractivity contribution in [3.05, 3.63) is 0 Å². The van der Waals surface area contributed by atoms with Crippen molar-refractivity contribution in [2.24, 2.45) is 41.4 Å². The molecule has 0 spiro atoms. The van der Waals surface area contributed by atoms with E-state index >= 15 is 0 Å². The Hall–Kier alpha value is -0.610. The number of aliphatic hydroxyl groups excluding tert-OH is 1. The first-order chi connectivity index (χ1) is 15.2. The molecule has 1 amide bonds.